The van der Waals surface area contributed by atoms with Gasteiger partial charge in [0.05, 0.1) is 5.69 Å². The summed E-state index contributed by atoms with van der Waals surface area (Å²) in [6.45, 7) is 3.52. The number of phenols is 1. The first-order valence-electron chi connectivity index (χ1n) is 5.59. The predicted molar refractivity (Wildman–Crippen MR) is 74.4 cm³/mol. The zero-order valence-electron chi connectivity index (χ0n) is 10.3. The second kappa shape index (κ2) is 5.19. The molecule has 2 aromatic rings. The molecule has 100 valence electrons. The van der Waals surface area contributed by atoms with Crippen LogP contribution in [0.2, 0.25) is 5.02 Å². The van der Waals surface area contributed by atoms with Crippen LogP contribution in [0.5, 0.6) is 5.75 Å². The summed E-state index contributed by atoms with van der Waals surface area (Å²) in [6.07, 6.45) is 0. The van der Waals surface area contributed by atoms with Gasteiger partial charge < -0.3 is 10.2 Å². The summed E-state index contributed by atoms with van der Waals surface area (Å²) < 4.78 is 0. The first kappa shape index (κ1) is 13.8. The van der Waals surface area contributed by atoms with Gasteiger partial charge in [0, 0.05) is 16.5 Å². The van der Waals surface area contributed by atoms with Crippen molar-refractivity contribution in [3.8, 4) is 5.75 Å². The van der Waals surface area contributed by atoms with Crippen molar-refractivity contribution >= 4 is 28.9 Å². The number of phenolic OH excluding ortho intramolecular Hbond substituents is 1. The number of carboxylic acid groups (broad SMARTS) is 1. The van der Waals surface area contributed by atoms with Crippen LogP contribution in [0.4, 0.5) is 0 Å². The highest BCUT2D eigenvalue weighted by Gasteiger charge is 2.21. The minimum Gasteiger partial charge on any atom is -0.508 e. The summed E-state index contributed by atoms with van der Waals surface area (Å²) in [7, 11) is 0. The number of benzene rings is 1. The highest BCUT2D eigenvalue weighted by molar-refractivity contribution is 7.13. The van der Waals surface area contributed by atoms with Crippen molar-refractivity contribution < 1.29 is 15.0 Å². The van der Waals surface area contributed by atoms with Gasteiger partial charge in [-0.05, 0) is 25.1 Å². The first-order chi connectivity index (χ1) is 8.90. The lowest BCUT2D eigenvalue weighted by Gasteiger charge is -2.11. The van der Waals surface area contributed by atoms with Crippen molar-refractivity contribution in [2.24, 2.45) is 0 Å². The van der Waals surface area contributed by atoms with Gasteiger partial charge in [0.25, 0.3) is 0 Å². The fraction of sp³-hybridized carbons (Fsp3) is 0.231. The van der Waals surface area contributed by atoms with E-state index in [4.69, 9.17) is 16.7 Å². The van der Waals surface area contributed by atoms with E-state index in [0.29, 0.717) is 21.3 Å². The zero-order chi connectivity index (χ0) is 14.2. The Morgan fingerprint density at radius 2 is 2.16 bits per heavy atom. The van der Waals surface area contributed by atoms with E-state index in [1.807, 2.05) is 6.92 Å². The van der Waals surface area contributed by atoms with Crippen LogP contribution in [0, 0.1) is 6.92 Å². The molecule has 4 nitrogen and oxygen atoms in total. The van der Waals surface area contributed by atoms with E-state index in [1.54, 1.807) is 19.1 Å². The Bertz CT molecular complexity index is 639. The number of aromatic hydroxyl groups is 1. The molecule has 1 unspecified atom stereocenters. The van der Waals surface area contributed by atoms with Gasteiger partial charge in [-0.1, -0.05) is 18.5 Å². The van der Waals surface area contributed by atoms with Gasteiger partial charge in [0.2, 0.25) is 0 Å². The molecule has 0 spiro atoms. The molecule has 0 radical (unpaired) electrons. The van der Waals surface area contributed by atoms with Crippen LogP contribution < -0.4 is 0 Å². The molecule has 0 bridgehead atoms. The van der Waals surface area contributed by atoms with Crippen LogP contribution in [0.1, 0.15) is 38.8 Å². The molecule has 2 N–H and O–H groups in total. The average molecular weight is 298 g/mol. The second-order valence-electron chi connectivity index (χ2n) is 4.20. The third kappa shape index (κ3) is 2.72. The molecule has 0 saturated carbocycles. The number of hydrogen-bond donors (Lipinski definition) is 2. The smallest absolute Gasteiger partial charge is 0.347 e. The number of thiazole rings is 1. The first-order valence-corrected chi connectivity index (χ1v) is 6.78. The third-order valence-corrected chi connectivity index (χ3v) is 4.40. The van der Waals surface area contributed by atoms with E-state index in [9.17, 15) is 9.90 Å². The topological polar surface area (TPSA) is 70.4 Å². The summed E-state index contributed by atoms with van der Waals surface area (Å²) in [5.41, 5.74) is 1.12. The van der Waals surface area contributed by atoms with E-state index in [-0.39, 0.29) is 16.5 Å². The van der Waals surface area contributed by atoms with Crippen molar-refractivity contribution in [3.05, 3.63) is 44.4 Å². The number of aromatic carboxylic acids is 1. The van der Waals surface area contributed by atoms with Gasteiger partial charge in [0.1, 0.15) is 15.6 Å². The summed E-state index contributed by atoms with van der Waals surface area (Å²) in [4.78, 5) is 15.5. The standard InChI is InChI=1S/C13H12ClNO3S/c1-6(9-5-8(14)3-4-10(9)16)12-15-7(2)11(19-12)13(17)18/h3-6,16H,1-2H3,(H,17,18). The van der Waals surface area contributed by atoms with Crippen LogP contribution in [-0.2, 0) is 0 Å². The number of carboxylic acids is 1. The van der Waals surface area contributed by atoms with Crippen molar-refractivity contribution in [1.29, 1.82) is 0 Å². The van der Waals surface area contributed by atoms with Crippen molar-refractivity contribution in [2.75, 3.05) is 0 Å². The van der Waals surface area contributed by atoms with Crippen LogP contribution >= 0.6 is 22.9 Å². The quantitative estimate of drug-likeness (QED) is 0.907. The van der Waals surface area contributed by atoms with Crippen LogP contribution in [-0.4, -0.2) is 21.2 Å². The van der Waals surface area contributed by atoms with Crippen LogP contribution in [0.15, 0.2) is 18.2 Å². The number of aryl methyl sites for hydroxylation is 1. The SMILES string of the molecule is Cc1nc(C(C)c2cc(Cl)ccc2O)sc1C(=O)O. The van der Waals surface area contributed by atoms with E-state index in [2.05, 4.69) is 4.98 Å². The Kier molecular flexibility index (Phi) is 3.78. The maximum Gasteiger partial charge on any atom is 0.347 e. The number of aromatic nitrogens is 1. The number of rotatable bonds is 3. The number of halogens is 1. The van der Waals surface area contributed by atoms with E-state index in [1.165, 1.54) is 6.07 Å². The Labute approximate surface area is 119 Å². The van der Waals surface area contributed by atoms with Gasteiger partial charge in [-0.15, -0.1) is 11.3 Å². The molecule has 1 aromatic heterocycles. The molecule has 0 aliphatic carbocycles. The van der Waals surface area contributed by atoms with Crippen molar-refractivity contribution in [3.63, 3.8) is 0 Å². The number of hydrogen-bond acceptors (Lipinski definition) is 4. The second-order valence-corrected chi connectivity index (χ2v) is 5.66. The number of carbonyl (C=O) groups is 1. The molecule has 6 heteroatoms. The lowest BCUT2D eigenvalue weighted by atomic mass is 10.0. The molecular formula is C13H12ClNO3S. The normalized spacial score (nSPS) is 12.4. The molecule has 0 fully saturated rings. The van der Waals surface area contributed by atoms with Crippen molar-refractivity contribution in [2.45, 2.75) is 19.8 Å². The van der Waals surface area contributed by atoms with Gasteiger partial charge in [-0.2, -0.15) is 0 Å². The largest absolute Gasteiger partial charge is 0.508 e. The van der Waals surface area contributed by atoms with Gasteiger partial charge in [-0.3, -0.25) is 0 Å². The third-order valence-electron chi connectivity index (χ3n) is 2.83. The van der Waals surface area contributed by atoms with Gasteiger partial charge in [0.15, 0.2) is 0 Å². The molecule has 0 saturated heterocycles. The molecular weight excluding hydrogens is 286 g/mol. The van der Waals surface area contributed by atoms with E-state index >= 15 is 0 Å². The van der Waals surface area contributed by atoms with Crippen LogP contribution in [0.25, 0.3) is 0 Å². The lowest BCUT2D eigenvalue weighted by Crippen LogP contribution is -1.96. The van der Waals surface area contributed by atoms with Crippen molar-refractivity contribution in [1.82, 2.24) is 4.98 Å². The molecule has 0 aliphatic heterocycles. The predicted octanol–water partition coefficient (Wildman–Crippen LogP) is 3.66. The summed E-state index contributed by atoms with van der Waals surface area (Å²) in [5.74, 6) is -1.07. The highest BCUT2D eigenvalue weighted by atomic mass is 35.5. The summed E-state index contributed by atoms with van der Waals surface area (Å²) in [6, 6.07) is 4.79. The average Bonchev–Trinajstić information content (AvgIpc) is 2.74. The van der Waals surface area contributed by atoms with Gasteiger partial charge in [-0.25, -0.2) is 9.78 Å². The zero-order valence-corrected chi connectivity index (χ0v) is 11.9. The molecule has 1 heterocycles. The minimum atomic E-state index is -0.983. The van der Waals surface area contributed by atoms with Crippen LogP contribution in [0.3, 0.4) is 0 Å². The molecule has 1 aromatic carbocycles. The minimum absolute atomic E-state index is 0.127. The Balaban J connectivity index is 2.44. The fourth-order valence-electron chi connectivity index (χ4n) is 1.81. The molecule has 0 aliphatic rings. The molecule has 1 atom stereocenters. The lowest BCUT2D eigenvalue weighted by molar-refractivity contribution is 0.0701. The van der Waals surface area contributed by atoms with E-state index in [0.717, 1.165) is 11.3 Å². The maximum atomic E-state index is 11.0. The highest BCUT2D eigenvalue weighted by Crippen LogP contribution is 2.35. The Hall–Kier alpha value is -1.59. The molecule has 19 heavy (non-hydrogen) atoms. The number of nitrogens with zero attached hydrogens (tertiary/aromatic N) is 1. The van der Waals surface area contributed by atoms with Gasteiger partial charge >= 0.3 is 5.97 Å². The molecule has 0 amide bonds. The summed E-state index contributed by atoms with van der Waals surface area (Å²) >= 11 is 7.03. The Morgan fingerprint density at radius 1 is 1.47 bits per heavy atom. The Morgan fingerprint density at radius 3 is 2.74 bits per heavy atom. The monoisotopic (exact) mass is 297 g/mol. The van der Waals surface area contributed by atoms with E-state index < -0.39 is 5.97 Å². The summed E-state index contributed by atoms with van der Waals surface area (Å²) in [5, 5.41) is 20.0. The maximum absolute atomic E-state index is 11.0. The molecule has 2 rings (SSSR count). The fourth-order valence-corrected chi connectivity index (χ4v) is 2.96.